The summed E-state index contributed by atoms with van der Waals surface area (Å²) in [6, 6.07) is 21.2. The third-order valence-electron chi connectivity index (χ3n) is 5.25. The Labute approximate surface area is 160 Å². The number of methoxy groups -OCH3 is 1. The van der Waals surface area contributed by atoms with Crippen molar-refractivity contribution in [3.63, 3.8) is 0 Å². The lowest BCUT2D eigenvalue weighted by atomic mass is 9.80. The van der Waals surface area contributed by atoms with E-state index in [0.29, 0.717) is 0 Å². The average molecular weight is 366 g/mol. The predicted octanol–water partition coefficient (Wildman–Crippen LogP) is 3.99. The van der Waals surface area contributed by atoms with Gasteiger partial charge in [0.2, 0.25) is 6.61 Å². The Kier molecular flexibility index (Phi) is 6.24. The first-order chi connectivity index (χ1) is 13.1. The second-order valence-electron chi connectivity index (χ2n) is 6.87. The number of ether oxygens (including phenoxy) is 1. The highest BCUT2D eigenvalue weighted by molar-refractivity contribution is 5.88. The molecule has 1 aliphatic heterocycles. The molecule has 0 aliphatic carbocycles. The van der Waals surface area contributed by atoms with Gasteiger partial charge in [0.05, 0.1) is 12.8 Å². The normalized spacial score (nSPS) is 24.6. The molecule has 27 heavy (non-hydrogen) atoms. The van der Waals surface area contributed by atoms with Crippen LogP contribution in [0.15, 0.2) is 65.8 Å². The Balaban J connectivity index is 1.92. The first-order valence-corrected chi connectivity index (χ1v) is 9.19. The van der Waals surface area contributed by atoms with Crippen LogP contribution in [-0.2, 0) is 14.4 Å². The van der Waals surface area contributed by atoms with E-state index in [2.05, 4.69) is 77.3 Å². The highest BCUT2D eigenvalue weighted by Gasteiger charge is 2.38. The summed E-state index contributed by atoms with van der Waals surface area (Å²) in [6.45, 7) is 1.99. The van der Waals surface area contributed by atoms with Gasteiger partial charge >= 0.3 is 5.97 Å². The van der Waals surface area contributed by atoms with Gasteiger partial charge in [0.1, 0.15) is 0 Å². The summed E-state index contributed by atoms with van der Waals surface area (Å²) in [5.74, 6) is -0.269. The Morgan fingerprint density at radius 1 is 1.07 bits per heavy atom. The van der Waals surface area contributed by atoms with E-state index < -0.39 is 5.97 Å². The molecular weight excluding hydrogens is 340 g/mol. The Morgan fingerprint density at radius 2 is 1.67 bits per heavy atom. The van der Waals surface area contributed by atoms with Crippen molar-refractivity contribution in [1.29, 1.82) is 0 Å². The molecule has 5 heteroatoms. The molecule has 0 amide bonds. The molecule has 0 radical (unpaired) electrons. The minimum absolute atomic E-state index is 0.162. The van der Waals surface area contributed by atoms with Crippen molar-refractivity contribution >= 4 is 11.7 Å². The van der Waals surface area contributed by atoms with E-state index in [1.54, 1.807) is 0 Å². The number of carbonyl (C=O) groups is 1. The monoisotopic (exact) mass is 366 g/mol. The molecule has 3 rings (SSSR count). The molecule has 1 aliphatic rings. The van der Waals surface area contributed by atoms with Crippen LogP contribution in [0, 0.1) is 5.92 Å². The van der Waals surface area contributed by atoms with Crippen LogP contribution in [0.2, 0.25) is 0 Å². The summed E-state index contributed by atoms with van der Waals surface area (Å²) in [7, 11) is 3.51. The number of hydrogen-bond donors (Lipinski definition) is 0. The van der Waals surface area contributed by atoms with Crippen LogP contribution >= 0.6 is 0 Å². The summed E-state index contributed by atoms with van der Waals surface area (Å²) in [5.41, 5.74) is 3.45. The number of carbonyl (C=O) groups excluding carboxylic acids is 1. The Bertz CT molecular complexity index is 777. The van der Waals surface area contributed by atoms with Crippen LogP contribution < -0.4 is 0 Å². The van der Waals surface area contributed by atoms with Gasteiger partial charge in [-0.3, -0.25) is 4.90 Å². The maximum absolute atomic E-state index is 11.3. The lowest BCUT2D eigenvalue weighted by Crippen LogP contribution is -2.42. The number of oxime groups is 1. The minimum atomic E-state index is -0.431. The van der Waals surface area contributed by atoms with Gasteiger partial charge in [-0.15, -0.1) is 0 Å². The van der Waals surface area contributed by atoms with Crippen molar-refractivity contribution in [2.75, 3.05) is 20.8 Å². The summed E-state index contributed by atoms with van der Waals surface area (Å²) < 4.78 is 4.62. The fourth-order valence-electron chi connectivity index (χ4n) is 3.81. The van der Waals surface area contributed by atoms with Gasteiger partial charge in [-0.05, 0) is 18.2 Å². The first-order valence-electron chi connectivity index (χ1n) is 9.19. The van der Waals surface area contributed by atoms with E-state index in [1.165, 1.54) is 18.2 Å². The number of hydrogen-bond acceptors (Lipinski definition) is 5. The number of piperidine rings is 1. The van der Waals surface area contributed by atoms with E-state index in [0.717, 1.165) is 12.1 Å². The molecule has 1 saturated heterocycles. The molecule has 0 unspecified atom stereocenters. The van der Waals surface area contributed by atoms with E-state index in [4.69, 9.17) is 4.84 Å². The fraction of sp³-hybridized carbons (Fsp3) is 0.364. The second kappa shape index (κ2) is 8.82. The lowest BCUT2D eigenvalue weighted by molar-refractivity contribution is -0.145. The molecule has 0 saturated carbocycles. The fourth-order valence-corrected chi connectivity index (χ4v) is 3.81. The third kappa shape index (κ3) is 4.37. The van der Waals surface area contributed by atoms with Crippen molar-refractivity contribution in [2.45, 2.75) is 25.4 Å². The summed E-state index contributed by atoms with van der Waals surface area (Å²) in [5, 5.41) is 4.33. The number of esters is 1. The second-order valence-corrected chi connectivity index (χ2v) is 6.87. The maximum atomic E-state index is 11.3. The molecule has 142 valence electrons. The minimum Gasteiger partial charge on any atom is -0.466 e. The van der Waals surface area contributed by atoms with Crippen molar-refractivity contribution < 1.29 is 14.4 Å². The molecule has 0 N–H and O–H groups in total. The highest BCUT2D eigenvalue weighted by Crippen LogP contribution is 2.42. The van der Waals surface area contributed by atoms with Crippen LogP contribution in [0.4, 0.5) is 0 Å². The largest absolute Gasteiger partial charge is 0.466 e. The summed E-state index contributed by atoms with van der Waals surface area (Å²) in [4.78, 5) is 19.0. The molecule has 0 spiro atoms. The van der Waals surface area contributed by atoms with Crippen molar-refractivity contribution in [2.24, 2.45) is 11.1 Å². The first kappa shape index (κ1) is 19.1. The molecule has 5 nitrogen and oxygen atoms in total. The van der Waals surface area contributed by atoms with Crippen LogP contribution in [0.25, 0.3) is 0 Å². The zero-order valence-corrected chi connectivity index (χ0v) is 16.0. The summed E-state index contributed by atoms with van der Waals surface area (Å²) in [6.07, 6.45) is 0.756. The van der Waals surface area contributed by atoms with E-state index in [-0.39, 0.29) is 24.6 Å². The topological polar surface area (TPSA) is 51.1 Å². The average Bonchev–Trinajstić information content (AvgIpc) is 2.71. The molecule has 0 aromatic heterocycles. The van der Waals surface area contributed by atoms with Gasteiger partial charge in [-0.25, -0.2) is 4.79 Å². The van der Waals surface area contributed by atoms with E-state index >= 15 is 0 Å². The Hall–Kier alpha value is -2.66. The molecule has 1 heterocycles. The van der Waals surface area contributed by atoms with Crippen molar-refractivity contribution in [1.82, 2.24) is 4.90 Å². The SMILES string of the molecule is COC(=O)CO/N=C1\C[C@H](c2ccccc2)N(C)[C@H](c2ccccc2)[C@H]1C. The predicted molar refractivity (Wildman–Crippen MR) is 105 cm³/mol. The van der Waals surface area contributed by atoms with Gasteiger partial charge in [0.25, 0.3) is 0 Å². The van der Waals surface area contributed by atoms with Crippen LogP contribution in [-0.4, -0.2) is 37.3 Å². The quantitative estimate of drug-likeness (QED) is 0.593. The van der Waals surface area contributed by atoms with Crippen molar-refractivity contribution in [3.05, 3.63) is 71.8 Å². The van der Waals surface area contributed by atoms with Crippen molar-refractivity contribution in [3.8, 4) is 0 Å². The van der Waals surface area contributed by atoms with Gasteiger partial charge in [-0.1, -0.05) is 72.7 Å². The standard InChI is InChI=1S/C22H26N2O3/c1-16-19(23-27-15-21(25)26-3)14-20(17-10-6-4-7-11-17)24(2)22(16)18-12-8-5-9-13-18/h4-13,16,20,22H,14-15H2,1-3H3/b23-19+/t16-,20+,22-/m0/s1. The Morgan fingerprint density at radius 3 is 2.26 bits per heavy atom. The number of rotatable bonds is 5. The van der Waals surface area contributed by atoms with E-state index in [9.17, 15) is 4.79 Å². The molecular formula is C22H26N2O3. The van der Waals surface area contributed by atoms with Crippen LogP contribution in [0.1, 0.15) is 36.6 Å². The zero-order valence-electron chi connectivity index (χ0n) is 16.0. The third-order valence-corrected chi connectivity index (χ3v) is 5.25. The molecule has 1 fully saturated rings. The van der Waals surface area contributed by atoms with Gasteiger partial charge < -0.3 is 9.57 Å². The zero-order chi connectivity index (χ0) is 19.2. The lowest BCUT2D eigenvalue weighted by Gasteiger charge is -2.44. The smallest absolute Gasteiger partial charge is 0.346 e. The molecule has 2 aromatic carbocycles. The highest BCUT2D eigenvalue weighted by atomic mass is 16.6. The van der Waals surface area contributed by atoms with Gasteiger partial charge in [0.15, 0.2) is 0 Å². The van der Waals surface area contributed by atoms with Crippen LogP contribution in [0.3, 0.4) is 0 Å². The van der Waals surface area contributed by atoms with E-state index in [1.807, 2.05) is 12.1 Å². The molecule has 3 atom stereocenters. The van der Waals surface area contributed by atoms with Crippen LogP contribution in [0.5, 0.6) is 0 Å². The number of nitrogens with zero attached hydrogens (tertiary/aromatic N) is 2. The number of likely N-dealkylation sites (tertiary alicyclic amines) is 1. The van der Waals surface area contributed by atoms with Gasteiger partial charge in [-0.2, -0.15) is 0 Å². The summed E-state index contributed by atoms with van der Waals surface area (Å²) >= 11 is 0. The maximum Gasteiger partial charge on any atom is 0.346 e. The van der Waals surface area contributed by atoms with Gasteiger partial charge in [0, 0.05) is 24.4 Å². The molecule has 0 bridgehead atoms. The number of benzene rings is 2. The molecule has 2 aromatic rings.